The van der Waals surface area contributed by atoms with Crippen molar-refractivity contribution in [2.45, 2.75) is 31.6 Å². The van der Waals surface area contributed by atoms with E-state index in [0.717, 1.165) is 36.4 Å². The van der Waals surface area contributed by atoms with Gasteiger partial charge in [0.25, 0.3) is 5.91 Å². The Bertz CT molecular complexity index is 934. The van der Waals surface area contributed by atoms with Crippen LogP contribution in [0.2, 0.25) is 0 Å². The second-order valence-electron chi connectivity index (χ2n) is 6.66. The van der Waals surface area contributed by atoms with Gasteiger partial charge in [0.2, 0.25) is 0 Å². The maximum Gasteiger partial charge on any atom is 0.573 e. The van der Waals surface area contributed by atoms with Crippen LogP contribution in [0, 0.1) is 11.3 Å². The fraction of sp³-hybridized carbons (Fsp3) is 0.300. The number of benzene rings is 2. The maximum atomic E-state index is 12.6. The fourth-order valence-electron chi connectivity index (χ4n) is 2.39. The van der Waals surface area contributed by atoms with E-state index in [1.165, 1.54) is 19.1 Å². The number of halogens is 6. The van der Waals surface area contributed by atoms with Gasteiger partial charge in [-0.05, 0) is 48.9 Å². The summed E-state index contributed by atoms with van der Waals surface area (Å²) in [5, 5.41) is 11.8. The molecule has 0 aliphatic heterocycles. The van der Waals surface area contributed by atoms with Crippen LogP contribution in [0.4, 0.5) is 26.3 Å². The highest BCUT2D eigenvalue weighted by Crippen LogP contribution is 2.29. The van der Waals surface area contributed by atoms with Crippen molar-refractivity contribution in [2.75, 3.05) is 6.61 Å². The molecule has 0 aliphatic rings. The van der Waals surface area contributed by atoms with Crippen molar-refractivity contribution in [1.29, 1.82) is 5.26 Å². The molecule has 2 aromatic rings. The van der Waals surface area contributed by atoms with Crippen LogP contribution in [0.25, 0.3) is 0 Å². The summed E-state index contributed by atoms with van der Waals surface area (Å²) in [5.74, 6) is -1.24. The molecule has 2 aromatic carbocycles. The predicted molar refractivity (Wildman–Crippen MR) is 95.7 cm³/mol. The molecule has 0 heterocycles. The Morgan fingerprint density at radius 1 is 1.00 bits per heavy atom. The van der Waals surface area contributed by atoms with E-state index in [0.29, 0.717) is 5.56 Å². The summed E-state index contributed by atoms with van der Waals surface area (Å²) < 4.78 is 83.3. The molecule has 0 saturated carbocycles. The number of amides is 1. The number of carbonyl (C=O) groups is 1. The van der Waals surface area contributed by atoms with Crippen LogP contribution in [-0.2, 0) is 17.5 Å². The molecule has 11 heteroatoms. The number of alkyl halides is 6. The van der Waals surface area contributed by atoms with Crippen LogP contribution in [-0.4, -0.2) is 24.4 Å². The monoisotopic (exact) mass is 446 g/mol. The molecule has 31 heavy (non-hydrogen) atoms. The minimum absolute atomic E-state index is 0.0151. The van der Waals surface area contributed by atoms with Gasteiger partial charge >= 0.3 is 12.5 Å². The summed E-state index contributed by atoms with van der Waals surface area (Å²) in [6.07, 6.45) is -9.33. The van der Waals surface area contributed by atoms with Gasteiger partial charge in [0.05, 0.1) is 24.8 Å². The van der Waals surface area contributed by atoms with Gasteiger partial charge in [-0.25, -0.2) is 0 Å². The molecule has 2 rings (SSSR count). The summed E-state index contributed by atoms with van der Waals surface area (Å²) >= 11 is 0. The molecule has 0 aromatic heterocycles. The zero-order valence-electron chi connectivity index (χ0n) is 16.0. The zero-order chi connectivity index (χ0) is 23.3. The molecular formula is C20H16F6N2O3. The standard InChI is InChI=1S/C20H16F6N2O3/c1-18(11-27,12-30-10-13-2-6-15(7-3-13)19(21,22)23)28-17(29)14-4-8-16(9-5-14)31-20(24,25)26/h2-9H,10,12H2,1H3,(H,28,29). The van der Waals surface area contributed by atoms with E-state index in [-0.39, 0.29) is 18.8 Å². The van der Waals surface area contributed by atoms with Crippen molar-refractivity contribution in [2.24, 2.45) is 0 Å². The van der Waals surface area contributed by atoms with Crippen molar-refractivity contribution in [3.05, 3.63) is 65.2 Å². The average Bonchev–Trinajstić information content (AvgIpc) is 2.67. The first kappa shape index (κ1) is 24.0. The van der Waals surface area contributed by atoms with Gasteiger partial charge < -0.3 is 14.8 Å². The van der Waals surface area contributed by atoms with Gasteiger partial charge in [0.1, 0.15) is 11.3 Å². The van der Waals surface area contributed by atoms with E-state index < -0.39 is 35.3 Å². The highest BCUT2D eigenvalue weighted by atomic mass is 19.4. The molecule has 0 fully saturated rings. The first-order chi connectivity index (χ1) is 14.3. The van der Waals surface area contributed by atoms with Crippen molar-refractivity contribution < 1.29 is 40.6 Å². The smallest absolute Gasteiger partial charge is 0.406 e. The Morgan fingerprint density at radius 3 is 2.06 bits per heavy atom. The molecule has 1 N–H and O–H groups in total. The van der Waals surface area contributed by atoms with E-state index in [1.54, 1.807) is 0 Å². The lowest BCUT2D eigenvalue weighted by molar-refractivity contribution is -0.274. The molecule has 1 unspecified atom stereocenters. The summed E-state index contributed by atoms with van der Waals surface area (Å²) in [4.78, 5) is 12.3. The molecule has 0 saturated heterocycles. The van der Waals surface area contributed by atoms with Gasteiger partial charge in [-0.15, -0.1) is 13.2 Å². The van der Waals surface area contributed by atoms with E-state index >= 15 is 0 Å². The first-order valence-corrected chi connectivity index (χ1v) is 8.65. The molecule has 0 aliphatic carbocycles. The first-order valence-electron chi connectivity index (χ1n) is 8.65. The fourth-order valence-corrected chi connectivity index (χ4v) is 2.39. The van der Waals surface area contributed by atoms with E-state index in [9.17, 15) is 36.4 Å². The van der Waals surface area contributed by atoms with Gasteiger partial charge in [-0.2, -0.15) is 18.4 Å². The van der Waals surface area contributed by atoms with E-state index in [1.807, 2.05) is 6.07 Å². The van der Waals surface area contributed by atoms with Crippen molar-refractivity contribution in [1.82, 2.24) is 5.32 Å². The van der Waals surface area contributed by atoms with Gasteiger partial charge in [-0.1, -0.05) is 12.1 Å². The van der Waals surface area contributed by atoms with Crippen molar-refractivity contribution in [3.63, 3.8) is 0 Å². The van der Waals surface area contributed by atoms with Gasteiger partial charge in [-0.3, -0.25) is 4.79 Å². The van der Waals surface area contributed by atoms with Crippen LogP contribution in [0.1, 0.15) is 28.4 Å². The van der Waals surface area contributed by atoms with Gasteiger partial charge in [0, 0.05) is 5.56 Å². The quantitative estimate of drug-likeness (QED) is 0.619. The summed E-state index contributed by atoms with van der Waals surface area (Å²) in [5.41, 5.74) is -1.89. The highest BCUT2D eigenvalue weighted by Gasteiger charge is 2.32. The average molecular weight is 446 g/mol. The Hall–Kier alpha value is -3.26. The molecule has 166 valence electrons. The van der Waals surface area contributed by atoms with Crippen molar-refractivity contribution in [3.8, 4) is 11.8 Å². The maximum absolute atomic E-state index is 12.6. The number of ether oxygens (including phenoxy) is 2. The van der Waals surface area contributed by atoms with Gasteiger partial charge in [0.15, 0.2) is 0 Å². The SMILES string of the molecule is CC(C#N)(COCc1ccc(C(F)(F)F)cc1)NC(=O)c1ccc(OC(F)(F)F)cc1. The van der Waals surface area contributed by atoms with E-state index in [4.69, 9.17) is 4.74 Å². The molecular weight excluding hydrogens is 430 g/mol. The molecule has 1 atom stereocenters. The molecule has 1 amide bonds. The lowest BCUT2D eigenvalue weighted by atomic mass is 10.0. The molecule has 0 spiro atoms. The third-order valence-corrected chi connectivity index (χ3v) is 3.93. The number of nitrogens with one attached hydrogen (secondary N) is 1. The third-order valence-electron chi connectivity index (χ3n) is 3.93. The van der Waals surface area contributed by atoms with Crippen LogP contribution in [0.3, 0.4) is 0 Å². The normalized spacial score (nSPS) is 13.7. The lowest BCUT2D eigenvalue weighted by Crippen LogP contribution is -2.48. The van der Waals surface area contributed by atoms with Crippen LogP contribution in [0.5, 0.6) is 5.75 Å². The zero-order valence-corrected chi connectivity index (χ0v) is 16.0. The Kier molecular flexibility index (Phi) is 7.17. The van der Waals surface area contributed by atoms with Crippen molar-refractivity contribution >= 4 is 5.91 Å². The Balaban J connectivity index is 1.93. The second-order valence-corrected chi connectivity index (χ2v) is 6.66. The second kappa shape index (κ2) is 9.26. The minimum Gasteiger partial charge on any atom is -0.406 e. The molecule has 0 bridgehead atoms. The lowest BCUT2D eigenvalue weighted by Gasteiger charge is -2.23. The molecule has 5 nitrogen and oxygen atoms in total. The number of nitrogens with zero attached hydrogens (tertiary/aromatic N) is 1. The highest BCUT2D eigenvalue weighted by molar-refractivity contribution is 5.95. The largest absolute Gasteiger partial charge is 0.573 e. The number of hydrogen-bond donors (Lipinski definition) is 1. The van der Waals surface area contributed by atoms with Crippen LogP contribution in [0.15, 0.2) is 48.5 Å². The Morgan fingerprint density at radius 2 is 1.58 bits per heavy atom. The van der Waals surface area contributed by atoms with E-state index in [2.05, 4.69) is 10.1 Å². The van der Waals surface area contributed by atoms with Crippen LogP contribution < -0.4 is 10.1 Å². The number of nitriles is 1. The number of carbonyl (C=O) groups excluding carboxylic acids is 1. The Labute approximate surface area is 173 Å². The summed E-state index contributed by atoms with van der Waals surface area (Å²) in [6.45, 7) is 0.971. The summed E-state index contributed by atoms with van der Waals surface area (Å²) in [7, 11) is 0. The predicted octanol–water partition coefficient (Wildman–Crippen LogP) is 4.83. The topological polar surface area (TPSA) is 71.3 Å². The minimum atomic E-state index is -4.87. The summed E-state index contributed by atoms with van der Waals surface area (Å²) in [6, 6.07) is 10.2. The van der Waals surface area contributed by atoms with Crippen LogP contribution >= 0.6 is 0 Å². The number of hydrogen-bond acceptors (Lipinski definition) is 4. The molecule has 0 radical (unpaired) electrons. The number of rotatable bonds is 7. The third kappa shape index (κ3) is 7.49.